The Morgan fingerprint density at radius 1 is 1.25 bits per heavy atom. The van der Waals surface area contributed by atoms with E-state index in [4.69, 9.17) is 5.14 Å². The van der Waals surface area contributed by atoms with Gasteiger partial charge in [-0.05, 0) is 44.0 Å². The van der Waals surface area contributed by atoms with Crippen molar-refractivity contribution in [2.45, 2.75) is 11.5 Å². The van der Waals surface area contributed by atoms with Gasteiger partial charge in [-0.1, -0.05) is 0 Å². The van der Waals surface area contributed by atoms with Crippen molar-refractivity contribution >= 4 is 41.9 Å². The molecule has 1 aromatic rings. The SMILES string of the molecule is NS(=O)(=O)c1ccc(OC(F)F)c(Br)c1Br. The largest absolute Gasteiger partial charge is 0.434 e. The molecule has 0 heterocycles. The number of halogens is 4. The highest BCUT2D eigenvalue weighted by molar-refractivity contribution is 9.13. The second kappa shape index (κ2) is 4.94. The highest BCUT2D eigenvalue weighted by atomic mass is 79.9. The fraction of sp³-hybridized carbons (Fsp3) is 0.143. The van der Waals surface area contributed by atoms with Gasteiger partial charge in [-0.15, -0.1) is 0 Å². The van der Waals surface area contributed by atoms with Crippen LogP contribution in [-0.4, -0.2) is 15.0 Å². The van der Waals surface area contributed by atoms with Crippen molar-refractivity contribution in [3.63, 3.8) is 0 Å². The van der Waals surface area contributed by atoms with Crippen LogP contribution in [0.1, 0.15) is 0 Å². The molecule has 0 aliphatic carbocycles. The maximum atomic E-state index is 12.0. The molecule has 0 aliphatic rings. The number of primary sulfonamides is 1. The van der Waals surface area contributed by atoms with Crippen LogP contribution in [-0.2, 0) is 10.0 Å². The lowest BCUT2D eigenvalue weighted by atomic mass is 10.3. The maximum Gasteiger partial charge on any atom is 0.387 e. The Bertz CT molecular complexity index is 507. The van der Waals surface area contributed by atoms with Gasteiger partial charge in [-0.2, -0.15) is 8.78 Å². The minimum Gasteiger partial charge on any atom is -0.434 e. The zero-order valence-corrected chi connectivity index (χ0v) is 11.4. The van der Waals surface area contributed by atoms with Gasteiger partial charge in [-0.3, -0.25) is 0 Å². The first-order chi connectivity index (χ1) is 7.23. The third-order valence-corrected chi connectivity index (χ3v) is 4.89. The average Bonchev–Trinajstić information content (AvgIpc) is 2.10. The Balaban J connectivity index is 3.29. The summed E-state index contributed by atoms with van der Waals surface area (Å²) in [4.78, 5) is -0.221. The number of hydrogen-bond donors (Lipinski definition) is 1. The Morgan fingerprint density at radius 2 is 1.81 bits per heavy atom. The molecule has 90 valence electrons. The molecule has 1 rings (SSSR count). The fourth-order valence-corrected chi connectivity index (χ4v) is 3.11. The maximum absolute atomic E-state index is 12.0. The van der Waals surface area contributed by atoms with Crippen molar-refractivity contribution in [1.82, 2.24) is 0 Å². The van der Waals surface area contributed by atoms with E-state index in [1.807, 2.05) is 0 Å². The van der Waals surface area contributed by atoms with E-state index in [9.17, 15) is 17.2 Å². The number of alkyl halides is 2. The van der Waals surface area contributed by atoms with E-state index in [2.05, 4.69) is 36.6 Å². The minimum absolute atomic E-state index is 0.0353. The molecule has 0 unspecified atom stereocenters. The Kier molecular flexibility index (Phi) is 4.27. The molecule has 0 bridgehead atoms. The summed E-state index contributed by atoms with van der Waals surface area (Å²) in [5.74, 6) is -0.186. The van der Waals surface area contributed by atoms with Gasteiger partial charge in [-0.25, -0.2) is 13.6 Å². The van der Waals surface area contributed by atoms with Gasteiger partial charge in [0, 0.05) is 0 Å². The van der Waals surface area contributed by atoms with Gasteiger partial charge in [0.1, 0.15) is 5.75 Å². The zero-order valence-electron chi connectivity index (χ0n) is 7.45. The second-order valence-electron chi connectivity index (χ2n) is 2.61. The molecule has 0 amide bonds. The van der Waals surface area contributed by atoms with Crippen LogP contribution in [0.4, 0.5) is 8.78 Å². The molecule has 0 radical (unpaired) electrons. The second-order valence-corrected chi connectivity index (χ2v) is 5.73. The third-order valence-electron chi connectivity index (χ3n) is 1.53. The van der Waals surface area contributed by atoms with Crippen LogP contribution in [0.15, 0.2) is 26.0 Å². The highest BCUT2D eigenvalue weighted by Crippen LogP contribution is 2.37. The topological polar surface area (TPSA) is 69.4 Å². The highest BCUT2D eigenvalue weighted by Gasteiger charge is 2.19. The molecule has 0 aromatic heterocycles. The molecule has 16 heavy (non-hydrogen) atoms. The lowest BCUT2D eigenvalue weighted by molar-refractivity contribution is -0.0504. The van der Waals surface area contributed by atoms with Crippen LogP contribution in [0.5, 0.6) is 5.75 Å². The molecule has 1 aromatic carbocycles. The van der Waals surface area contributed by atoms with Gasteiger partial charge in [0.15, 0.2) is 0 Å². The van der Waals surface area contributed by atoms with Crippen molar-refractivity contribution in [1.29, 1.82) is 0 Å². The molecular formula is C7H5Br2F2NO3S. The number of benzene rings is 1. The number of rotatable bonds is 3. The first kappa shape index (κ1) is 13.8. The van der Waals surface area contributed by atoms with Crippen molar-refractivity contribution in [3.8, 4) is 5.75 Å². The number of hydrogen-bond acceptors (Lipinski definition) is 3. The van der Waals surface area contributed by atoms with Gasteiger partial charge in [0.25, 0.3) is 0 Å². The van der Waals surface area contributed by atoms with Crippen LogP contribution in [0.3, 0.4) is 0 Å². The van der Waals surface area contributed by atoms with E-state index in [1.165, 1.54) is 0 Å². The molecule has 0 spiro atoms. The summed E-state index contributed by atoms with van der Waals surface area (Å²) < 4.78 is 50.3. The van der Waals surface area contributed by atoms with E-state index in [0.29, 0.717) is 0 Å². The molecular weight excluding hydrogens is 376 g/mol. The van der Waals surface area contributed by atoms with Crippen LogP contribution < -0.4 is 9.88 Å². The molecule has 0 aliphatic heterocycles. The summed E-state index contributed by atoms with van der Waals surface area (Å²) in [7, 11) is -3.92. The lowest BCUT2D eigenvalue weighted by Gasteiger charge is -2.10. The normalized spacial score (nSPS) is 11.9. The average molecular weight is 381 g/mol. The third kappa shape index (κ3) is 3.12. The van der Waals surface area contributed by atoms with Crippen LogP contribution in [0, 0.1) is 0 Å². The Morgan fingerprint density at radius 3 is 2.25 bits per heavy atom. The first-order valence-electron chi connectivity index (χ1n) is 3.69. The first-order valence-corrected chi connectivity index (χ1v) is 6.82. The molecule has 9 heteroatoms. The van der Waals surface area contributed by atoms with Gasteiger partial charge in [0.2, 0.25) is 10.0 Å². The lowest BCUT2D eigenvalue weighted by Crippen LogP contribution is -2.13. The van der Waals surface area contributed by atoms with Crippen LogP contribution >= 0.6 is 31.9 Å². The monoisotopic (exact) mass is 379 g/mol. The van der Waals surface area contributed by atoms with Gasteiger partial charge in [0.05, 0.1) is 13.8 Å². The quantitative estimate of drug-likeness (QED) is 0.875. The summed E-state index contributed by atoms with van der Waals surface area (Å²) in [5, 5.41) is 4.91. The zero-order chi connectivity index (χ0) is 12.5. The van der Waals surface area contributed by atoms with E-state index < -0.39 is 16.6 Å². The standard InChI is InChI=1S/C7H5Br2F2NO3S/c8-5-3(15-7(10)11)1-2-4(6(5)9)16(12,13)14/h1-2,7H,(H2,12,13,14). The molecule has 2 N–H and O–H groups in total. The molecule has 0 saturated carbocycles. The fourth-order valence-electron chi connectivity index (χ4n) is 0.921. The number of nitrogens with two attached hydrogens (primary N) is 1. The Hall–Kier alpha value is -0.250. The summed E-state index contributed by atoms with van der Waals surface area (Å²) in [6.07, 6.45) is 0. The Labute approximate surface area is 107 Å². The van der Waals surface area contributed by atoms with E-state index in [0.717, 1.165) is 12.1 Å². The molecule has 4 nitrogen and oxygen atoms in total. The van der Waals surface area contributed by atoms with Crippen molar-refractivity contribution in [3.05, 3.63) is 21.1 Å². The predicted molar refractivity (Wildman–Crippen MR) is 59.8 cm³/mol. The van der Waals surface area contributed by atoms with Crippen LogP contribution in [0.25, 0.3) is 0 Å². The van der Waals surface area contributed by atoms with E-state index in [1.54, 1.807) is 0 Å². The van der Waals surface area contributed by atoms with E-state index in [-0.39, 0.29) is 19.6 Å². The smallest absolute Gasteiger partial charge is 0.387 e. The number of ether oxygens (including phenoxy) is 1. The molecule has 0 atom stereocenters. The molecule has 0 saturated heterocycles. The van der Waals surface area contributed by atoms with E-state index >= 15 is 0 Å². The summed E-state index contributed by atoms with van der Waals surface area (Å²) in [6, 6.07) is 2.16. The predicted octanol–water partition coefficient (Wildman–Crippen LogP) is 2.46. The number of sulfonamides is 1. The van der Waals surface area contributed by atoms with Crippen LogP contribution in [0.2, 0.25) is 0 Å². The van der Waals surface area contributed by atoms with Gasteiger partial charge >= 0.3 is 6.61 Å². The molecule has 0 fully saturated rings. The van der Waals surface area contributed by atoms with Crippen molar-refractivity contribution in [2.24, 2.45) is 5.14 Å². The van der Waals surface area contributed by atoms with Crippen molar-refractivity contribution in [2.75, 3.05) is 0 Å². The summed E-state index contributed by atoms with van der Waals surface area (Å²) >= 11 is 5.85. The van der Waals surface area contributed by atoms with Crippen molar-refractivity contribution < 1.29 is 21.9 Å². The minimum atomic E-state index is -3.92. The summed E-state index contributed by atoms with van der Waals surface area (Å²) in [5.41, 5.74) is 0. The van der Waals surface area contributed by atoms with Gasteiger partial charge < -0.3 is 4.74 Å². The summed E-state index contributed by atoms with van der Waals surface area (Å²) in [6.45, 7) is -3.00.